The molecule has 0 fully saturated rings. The number of rotatable bonds is 7. The van der Waals surface area contributed by atoms with Gasteiger partial charge in [0.2, 0.25) is 0 Å². The van der Waals surface area contributed by atoms with Crippen LogP contribution in [0.25, 0.3) is 0 Å². The maximum atomic E-state index is 5.43. The Morgan fingerprint density at radius 1 is 1.41 bits per heavy atom. The van der Waals surface area contributed by atoms with Crippen molar-refractivity contribution in [1.29, 1.82) is 0 Å². The second-order valence-corrected chi connectivity index (χ2v) is 7.20. The molecule has 0 saturated heterocycles. The van der Waals surface area contributed by atoms with E-state index in [-0.39, 0.29) is 0 Å². The standard InChI is InChI=1S/C14H25NOS/c1-5-8-15-12(11-17-14(2,3)4)10-13-7-6-9-16-13/h6-7,9,12,15H,5,8,10-11H2,1-4H3. The van der Waals surface area contributed by atoms with Crippen molar-refractivity contribution in [3.8, 4) is 0 Å². The van der Waals surface area contributed by atoms with Gasteiger partial charge in [0, 0.05) is 23.0 Å². The Bertz CT molecular complexity index is 290. The molecule has 0 aliphatic heterocycles. The van der Waals surface area contributed by atoms with Gasteiger partial charge in [-0.05, 0) is 25.1 Å². The number of hydrogen-bond donors (Lipinski definition) is 1. The van der Waals surface area contributed by atoms with Crippen LogP contribution in [0.5, 0.6) is 0 Å². The fourth-order valence-corrected chi connectivity index (χ4v) is 2.50. The summed E-state index contributed by atoms with van der Waals surface area (Å²) >= 11 is 2.01. The molecule has 1 rings (SSSR count). The molecule has 0 bridgehead atoms. The summed E-state index contributed by atoms with van der Waals surface area (Å²) in [4.78, 5) is 0. The highest BCUT2D eigenvalue weighted by Gasteiger charge is 2.16. The lowest BCUT2D eigenvalue weighted by Crippen LogP contribution is -2.35. The van der Waals surface area contributed by atoms with Crippen molar-refractivity contribution in [1.82, 2.24) is 5.32 Å². The summed E-state index contributed by atoms with van der Waals surface area (Å²) < 4.78 is 5.76. The summed E-state index contributed by atoms with van der Waals surface area (Å²) in [7, 11) is 0. The minimum Gasteiger partial charge on any atom is -0.469 e. The first-order chi connectivity index (χ1) is 8.01. The maximum absolute atomic E-state index is 5.43. The first kappa shape index (κ1) is 14.7. The topological polar surface area (TPSA) is 25.2 Å². The quantitative estimate of drug-likeness (QED) is 0.804. The molecule has 17 heavy (non-hydrogen) atoms. The summed E-state index contributed by atoms with van der Waals surface area (Å²) in [6, 6.07) is 4.52. The summed E-state index contributed by atoms with van der Waals surface area (Å²) in [5.74, 6) is 2.21. The molecule has 0 saturated carbocycles. The van der Waals surface area contributed by atoms with Gasteiger partial charge >= 0.3 is 0 Å². The molecule has 0 aliphatic carbocycles. The molecular weight excluding hydrogens is 230 g/mol. The van der Waals surface area contributed by atoms with Gasteiger partial charge < -0.3 is 9.73 Å². The molecule has 0 spiro atoms. The molecule has 98 valence electrons. The van der Waals surface area contributed by atoms with E-state index in [2.05, 4.69) is 39.1 Å². The van der Waals surface area contributed by atoms with Crippen LogP contribution in [0.15, 0.2) is 22.8 Å². The molecule has 0 amide bonds. The van der Waals surface area contributed by atoms with E-state index in [1.54, 1.807) is 6.26 Å². The molecule has 1 atom stereocenters. The molecule has 1 aromatic rings. The van der Waals surface area contributed by atoms with Gasteiger partial charge in [0.05, 0.1) is 6.26 Å². The van der Waals surface area contributed by atoms with E-state index < -0.39 is 0 Å². The zero-order valence-electron chi connectivity index (χ0n) is 11.5. The SMILES string of the molecule is CCCNC(CSC(C)(C)C)Cc1ccco1. The van der Waals surface area contributed by atoms with E-state index in [0.29, 0.717) is 10.8 Å². The van der Waals surface area contributed by atoms with E-state index in [4.69, 9.17) is 4.42 Å². The number of nitrogens with one attached hydrogen (secondary N) is 1. The van der Waals surface area contributed by atoms with Crippen molar-refractivity contribution in [3.63, 3.8) is 0 Å². The molecule has 2 nitrogen and oxygen atoms in total. The van der Waals surface area contributed by atoms with E-state index >= 15 is 0 Å². The fraction of sp³-hybridized carbons (Fsp3) is 0.714. The zero-order chi connectivity index (χ0) is 12.7. The average molecular weight is 255 g/mol. The third-order valence-electron chi connectivity index (χ3n) is 2.43. The molecule has 0 radical (unpaired) electrons. The molecule has 1 heterocycles. The van der Waals surface area contributed by atoms with Crippen molar-refractivity contribution in [2.24, 2.45) is 0 Å². The largest absolute Gasteiger partial charge is 0.469 e. The Balaban J connectivity index is 2.42. The molecule has 0 aromatic carbocycles. The van der Waals surface area contributed by atoms with Gasteiger partial charge in [-0.1, -0.05) is 27.7 Å². The van der Waals surface area contributed by atoms with Crippen molar-refractivity contribution >= 4 is 11.8 Å². The second kappa shape index (κ2) is 7.12. The summed E-state index contributed by atoms with van der Waals surface area (Å²) in [5, 5.41) is 3.60. The summed E-state index contributed by atoms with van der Waals surface area (Å²) in [5.41, 5.74) is 0. The van der Waals surface area contributed by atoms with Gasteiger partial charge in [-0.3, -0.25) is 0 Å². The molecule has 1 aromatic heterocycles. The van der Waals surface area contributed by atoms with Gasteiger partial charge in [0.1, 0.15) is 5.76 Å². The lowest BCUT2D eigenvalue weighted by atomic mass is 10.2. The molecule has 3 heteroatoms. The van der Waals surface area contributed by atoms with Crippen LogP contribution < -0.4 is 5.32 Å². The number of hydrogen-bond acceptors (Lipinski definition) is 3. The normalized spacial score (nSPS) is 13.9. The predicted octanol–water partition coefficient (Wildman–Crippen LogP) is 3.72. The van der Waals surface area contributed by atoms with Crippen molar-refractivity contribution in [2.45, 2.75) is 51.3 Å². The van der Waals surface area contributed by atoms with Crippen LogP contribution in [0.2, 0.25) is 0 Å². The average Bonchev–Trinajstić information content (AvgIpc) is 2.73. The molecule has 1 N–H and O–H groups in total. The van der Waals surface area contributed by atoms with E-state index in [0.717, 1.165) is 24.5 Å². The maximum Gasteiger partial charge on any atom is 0.105 e. The Hall–Kier alpha value is -0.410. The highest BCUT2D eigenvalue weighted by molar-refractivity contribution is 8.00. The van der Waals surface area contributed by atoms with Crippen molar-refractivity contribution < 1.29 is 4.42 Å². The summed E-state index contributed by atoms with van der Waals surface area (Å²) in [6.45, 7) is 10.1. The Morgan fingerprint density at radius 3 is 2.71 bits per heavy atom. The fourth-order valence-electron chi connectivity index (χ4n) is 1.56. The van der Waals surface area contributed by atoms with E-state index in [1.165, 1.54) is 6.42 Å². The smallest absolute Gasteiger partial charge is 0.105 e. The summed E-state index contributed by atoms with van der Waals surface area (Å²) in [6.07, 6.45) is 3.91. The molecule has 1 unspecified atom stereocenters. The Labute approximate surface area is 110 Å². The monoisotopic (exact) mass is 255 g/mol. The minimum atomic E-state index is 0.329. The third-order valence-corrected chi connectivity index (χ3v) is 3.86. The second-order valence-electron chi connectivity index (χ2n) is 5.36. The molecular formula is C14H25NOS. The molecule has 0 aliphatic rings. The van der Waals surface area contributed by atoms with Crippen LogP contribution in [0.3, 0.4) is 0 Å². The van der Waals surface area contributed by atoms with E-state index in [9.17, 15) is 0 Å². The highest BCUT2D eigenvalue weighted by atomic mass is 32.2. The zero-order valence-corrected chi connectivity index (χ0v) is 12.3. The first-order valence-electron chi connectivity index (χ1n) is 6.41. The lowest BCUT2D eigenvalue weighted by molar-refractivity contribution is 0.459. The van der Waals surface area contributed by atoms with Gasteiger partial charge in [-0.25, -0.2) is 0 Å². The van der Waals surface area contributed by atoms with Crippen LogP contribution in [-0.4, -0.2) is 23.1 Å². The van der Waals surface area contributed by atoms with Crippen molar-refractivity contribution in [2.75, 3.05) is 12.3 Å². The number of furan rings is 1. The van der Waals surface area contributed by atoms with Gasteiger partial charge in [0.15, 0.2) is 0 Å². The lowest BCUT2D eigenvalue weighted by Gasteiger charge is -2.23. The first-order valence-corrected chi connectivity index (χ1v) is 7.39. The van der Waals surface area contributed by atoms with Crippen LogP contribution >= 0.6 is 11.8 Å². The van der Waals surface area contributed by atoms with Gasteiger partial charge in [-0.2, -0.15) is 11.8 Å². The predicted molar refractivity (Wildman–Crippen MR) is 76.7 cm³/mol. The van der Waals surface area contributed by atoms with E-state index in [1.807, 2.05) is 17.8 Å². The Kier molecular flexibility index (Phi) is 6.14. The van der Waals surface area contributed by atoms with Gasteiger partial charge in [-0.15, -0.1) is 0 Å². The van der Waals surface area contributed by atoms with Crippen molar-refractivity contribution in [3.05, 3.63) is 24.2 Å². The van der Waals surface area contributed by atoms with Gasteiger partial charge in [0.25, 0.3) is 0 Å². The highest BCUT2D eigenvalue weighted by Crippen LogP contribution is 2.24. The van der Waals surface area contributed by atoms with Crippen LogP contribution in [0.1, 0.15) is 39.9 Å². The van der Waals surface area contributed by atoms with Crippen LogP contribution in [-0.2, 0) is 6.42 Å². The Morgan fingerprint density at radius 2 is 2.18 bits per heavy atom. The van der Waals surface area contributed by atoms with Crippen LogP contribution in [0.4, 0.5) is 0 Å². The minimum absolute atomic E-state index is 0.329. The van der Waals surface area contributed by atoms with Crippen LogP contribution in [0, 0.1) is 0 Å². The third kappa shape index (κ3) is 6.79. The number of thioether (sulfide) groups is 1.